The molecule has 0 radical (unpaired) electrons. The van der Waals surface area contributed by atoms with Crippen LogP contribution in [-0.2, 0) is 28.4 Å². The van der Waals surface area contributed by atoms with Crippen molar-refractivity contribution in [2.45, 2.75) is 42.7 Å². The molecule has 6 nitrogen and oxygen atoms in total. The number of ether oxygens (including phenoxy) is 6. The molecule has 0 heterocycles. The van der Waals surface area contributed by atoms with Gasteiger partial charge < -0.3 is 28.4 Å². The van der Waals surface area contributed by atoms with Gasteiger partial charge >= 0.3 is 0 Å². The lowest BCUT2D eigenvalue weighted by Gasteiger charge is -2.70. The van der Waals surface area contributed by atoms with Crippen molar-refractivity contribution in [2.75, 3.05) is 55.9 Å². The fourth-order valence-electron chi connectivity index (χ4n) is 3.89. The molecule has 0 N–H and O–H groups in total. The molecule has 4 unspecified atom stereocenters. The molecule has 0 aromatic carbocycles. The lowest BCUT2D eigenvalue weighted by molar-refractivity contribution is -0.401. The molecule has 21 heavy (non-hydrogen) atoms. The Morgan fingerprint density at radius 2 is 1.52 bits per heavy atom. The van der Waals surface area contributed by atoms with Gasteiger partial charge in [0.15, 0.2) is 0 Å². The van der Waals surface area contributed by atoms with Gasteiger partial charge in [-0.1, -0.05) is 0 Å². The first-order valence-electron chi connectivity index (χ1n) is 7.01. The Labute approximate surface area is 128 Å². The average molecular weight is 306 g/mol. The van der Waals surface area contributed by atoms with Crippen molar-refractivity contribution < 1.29 is 28.4 Å². The molecule has 1 saturated carbocycles. The van der Waals surface area contributed by atoms with Crippen molar-refractivity contribution in [1.82, 2.24) is 0 Å². The van der Waals surface area contributed by atoms with E-state index in [2.05, 4.69) is 0 Å². The van der Waals surface area contributed by atoms with Crippen LogP contribution in [0.25, 0.3) is 0 Å². The van der Waals surface area contributed by atoms with Crippen LogP contribution >= 0.6 is 0 Å². The Morgan fingerprint density at radius 3 is 1.86 bits per heavy atom. The monoisotopic (exact) mass is 306 g/mol. The van der Waals surface area contributed by atoms with Crippen LogP contribution in [0.3, 0.4) is 0 Å². The summed E-state index contributed by atoms with van der Waals surface area (Å²) < 4.78 is 34.0. The first-order valence-corrected chi connectivity index (χ1v) is 7.01. The van der Waals surface area contributed by atoms with Crippen LogP contribution < -0.4 is 0 Å². The SMILES string of the molecule is COCC(C)(OC)C1(OC)CC(COC)(OC)C1(C)OC. The van der Waals surface area contributed by atoms with Crippen molar-refractivity contribution in [3.05, 3.63) is 0 Å². The molecule has 0 aromatic heterocycles. The average Bonchev–Trinajstić information content (AvgIpc) is 2.49. The molecule has 1 aliphatic carbocycles. The molecule has 0 spiro atoms. The minimum absolute atomic E-state index is 0.378. The number of rotatable bonds is 9. The van der Waals surface area contributed by atoms with Gasteiger partial charge in [-0.3, -0.25) is 0 Å². The Balaban J connectivity index is 3.32. The van der Waals surface area contributed by atoms with E-state index in [1.165, 1.54) is 0 Å². The molecule has 0 bridgehead atoms. The summed E-state index contributed by atoms with van der Waals surface area (Å²) in [6.45, 7) is 4.72. The highest BCUT2D eigenvalue weighted by Gasteiger charge is 2.79. The number of hydrogen-bond acceptors (Lipinski definition) is 6. The van der Waals surface area contributed by atoms with Crippen LogP contribution in [0.4, 0.5) is 0 Å². The lowest BCUT2D eigenvalue weighted by atomic mass is 9.49. The fourth-order valence-corrected chi connectivity index (χ4v) is 3.89. The predicted octanol–water partition coefficient (Wildman–Crippen LogP) is 1.26. The second kappa shape index (κ2) is 6.48. The summed E-state index contributed by atoms with van der Waals surface area (Å²) in [4.78, 5) is 0. The molecular weight excluding hydrogens is 276 g/mol. The Bertz CT molecular complexity index is 351. The highest BCUT2D eigenvalue weighted by atomic mass is 16.6. The molecular formula is C15H30O6. The van der Waals surface area contributed by atoms with Crippen LogP contribution in [0, 0.1) is 0 Å². The third-order valence-corrected chi connectivity index (χ3v) is 5.42. The maximum absolute atomic E-state index is 5.93. The summed E-state index contributed by atoms with van der Waals surface area (Å²) in [5.41, 5.74) is -2.74. The topological polar surface area (TPSA) is 55.4 Å². The van der Waals surface area contributed by atoms with E-state index < -0.39 is 22.4 Å². The normalized spacial score (nSPS) is 38.9. The van der Waals surface area contributed by atoms with E-state index in [1.54, 1.807) is 42.7 Å². The summed E-state index contributed by atoms with van der Waals surface area (Å²) in [5.74, 6) is 0. The molecule has 0 aliphatic heterocycles. The van der Waals surface area contributed by atoms with E-state index in [0.29, 0.717) is 19.6 Å². The second-order valence-corrected chi connectivity index (χ2v) is 5.94. The maximum Gasteiger partial charge on any atom is 0.133 e. The number of hydrogen-bond donors (Lipinski definition) is 0. The van der Waals surface area contributed by atoms with Gasteiger partial charge in [-0.05, 0) is 13.8 Å². The van der Waals surface area contributed by atoms with Gasteiger partial charge in [0.05, 0.1) is 13.2 Å². The molecule has 0 amide bonds. The molecule has 6 heteroatoms. The third kappa shape index (κ3) is 2.24. The van der Waals surface area contributed by atoms with Crippen LogP contribution in [0.5, 0.6) is 0 Å². The zero-order valence-corrected chi connectivity index (χ0v) is 14.6. The van der Waals surface area contributed by atoms with E-state index in [9.17, 15) is 0 Å². The Kier molecular flexibility index (Phi) is 5.80. The number of methoxy groups -OCH3 is 6. The van der Waals surface area contributed by atoms with Crippen LogP contribution in [0.2, 0.25) is 0 Å². The van der Waals surface area contributed by atoms with Gasteiger partial charge in [0, 0.05) is 49.1 Å². The van der Waals surface area contributed by atoms with Gasteiger partial charge in [0.2, 0.25) is 0 Å². The summed E-state index contributed by atoms with van der Waals surface area (Å²) >= 11 is 0. The largest absolute Gasteiger partial charge is 0.382 e. The van der Waals surface area contributed by atoms with Crippen molar-refractivity contribution in [3.8, 4) is 0 Å². The first kappa shape index (κ1) is 18.8. The molecule has 0 aromatic rings. The van der Waals surface area contributed by atoms with Crippen molar-refractivity contribution >= 4 is 0 Å². The van der Waals surface area contributed by atoms with Crippen LogP contribution in [0.15, 0.2) is 0 Å². The Hall–Kier alpha value is -0.240. The van der Waals surface area contributed by atoms with E-state index in [-0.39, 0.29) is 0 Å². The van der Waals surface area contributed by atoms with Gasteiger partial charge in [-0.2, -0.15) is 0 Å². The van der Waals surface area contributed by atoms with Crippen LogP contribution in [-0.4, -0.2) is 78.3 Å². The summed E-state index contributed by atoms with van der Waals surface area (Å²) in [5, 5.41) is 0. The quantitative estimate of drug-likeness (QED) is 0.639. The van der Waals surface area contributed by atoms with Gasteiger partial charge in [-0.25, -0.2) is 0 Å². The van der Waals surface area contributed by atoms with E-state index in [0.717, 1.165) is 0 Å². The third-order valence-electron chi connectivity index (χ3n) is 5.42. The summed E-state index contributed by atoms with van der Waals surface area (Å²) in [6, 6.07) is 0. The van der Waals surface area contributed by atoms with E-state index in [1.807, 2.05) is 13.8 Å². The molecule has 126 valence electrons. The minimum atomic E-state index is -0.747. The van der Waals surface area contributed by atoms with Gasteiger partial charge in [-0.15, -0.1) is 0 Å². The predicted molar refractivity (Wildman–Crippen MR) is 78.7 cm³/mol. The van der Waals surface area contributed by atoms with E-state index in [4.69, 9.17) is 28.4 Å². The molecule has 1 fully saturated rings. The molecule has 0 saturated heterocycles. The minimum Gasteiger partial charge on any atom is -0.382 e. The highest BCUT2D eigenvalue weighted by Crippen LogP contribution is 2.61. The zero-order valence-electron chi connectivity index (χ0n) is 14.6. The molecule has 1 rings (SSSR count). The maximum atomic E-state index is 5.93. The first-order chi connectivity index (χ1) is 9.82. The molecule has 4 atom stereocenters. The van der Waals surface area contributed by atoms with Gasteiger partial charge in [0.25, 0.3) is 0 Å². The lowest BCUT2D eigenvalue weighted by Crippen LogP contribution is -2.88. The van der Waals surface area contributed by atoms with Crippen molar-refractivity contribution in [2.24, 2.45) is 0 Å². The zero-order chi connectivity index (χ0) is 16.4. The highest BCUT2D eigenvalue weighted by molar-refractivity contribution is 5.30. The van der Waals surface area contributed by atoms with E-state index >= 15 is 0 Å². The molecule has 1 aliphatic rings. The van der Waals surface area contributed by atoms with Crippen molar-refractivity contribution in [1.29, 1.82) is 0 Å². The Morgan fingerprint density at radius 1 is 0.905 bits per heavy atom. The van der Waals surface area contributed by atoms with Gasteiger partial charge in [0.1, 0.15) is 22.4 Å². The smallest absolute Gasteiger partial charge is 0.133 e. The summed E-state index contributed by atoms with van der Waals surface area (Å²) in [6.07, 6.45) is 0.582. The van der Waals surface area contributed by atoms with Crippen molar-refractivity contribution in [3.63, 3.8) is 0 Å². The second-order valence-electron chi connectivity index (χ2n) is 5.94. The summed E-state index contributed by atoms with van der Waals surface area (Å²) in [7, 11) is 9.92. The fraction of sp³-hybridized carbons (Fsp3) is 1.00. The standard InChI is InChI=1S/C15H30O6/c1-12(18-5,10-16-3)15(21-8)9-14(20-7,11-17-4)13(15,2)19-6/h9-11H2,1-8H3. The van der Waals surface area contributed by atoms with Crippen LogP contribution in [0.1, 0.15) is 20.3 Å².